The van der Waals surface area contributed by atoms with E-state index in [0.717, 1.165) is 11.8 Å². The second kappa shape index (κ2) is 7.62. The van der Waals surface area contributed by atoms with E-state index >= 15 is 0 Å². The van der Waals surface area contributed by atoms with Crippen molar-refractivity contribution in [3.8, 4) is 0 Å². The summed E-state index contributed by atoms with van der Waals surface area (Å²) in [5.41, 5.74) is 0.0660. The molecule has 0 fully saturated rings. The van der Waals surface area contributed by atoms with Gasteiger partial charge >= 0.3 is 0 Å². The van der Waals surface area contributed by atoms with Gasteiger partial charge in [-0.3, -0.25) is 10.1 Å². The number of rotatable bonds is 8. The van der Waals surface area contributed by atoms with Gasteiger partial charge in [-0.2, -0.15) is 11.8 Å². The average Bonchev–Trinajstić information content (AvgIpc) is 2.43. The molecule has 0 aromatic heterocycles. The van der Waals surface area contributed by atoms with Gasteiger partial charge in [0.1, 0.15) is 4.90 Å². The van der Waals surface area contributed by atoms with Crippen molar-refractivity contribution < 1.29 is 13.3 Å². The molecule has 1 aromatic carbocycles. The highest BCUT2D eigenvalue weighted by Gasteiger charge is 2.23. The number of nitro benzene ring substituents is 1. The Balaban J connectivity index is 3.11. The Morgan fingerprint density at radius 3 is 2.62 bits per heavy atom. The summed E-state index contributed by atoms with van der Waals surface area (Å²) in [5.74, 6) is 0.831. The summed E-state index contributed by atoms with van der Waals surface area (Å²) in [4.78, 5) is 10.1. The molecule has 0 aliphatic carbocycles. The monoisotopic (exact) mass is 333 g/mol. The summed E-state index contributed by atoms with van der Waals surface area (Å²) >= 11 is 1.63. The Hall–Kier alpha value is -1.32. The van der Waals surface area contributed by atoms with Gasteiger partial charge in [-0.1, -0.05) is 0 Å². The number of thioether (sulfide) groups is 1. The minimum Gasteiger partial charge on any atom is -0.387 e. The molecule has 0 saturated heterocycles. The molecular formula is C12H19N3O4S2. The maximum Gasteiger partial charge on any atom is 0.270 e. The molecule has 0 heterocycles. The van der Waals surface area contributed by atoms with Crippen LogP contribution in [-0.4, -0.2) is 38.4 Å². The predicted molar refractivity (Wildman–Crippen MR) is 85.4 cm³/mol. The van der Waals surface area contributed by atoms with Gasteiger partial charge in [0.2, 0.25) is 10.0 Å². The Morgan fingerprint density at radius 1 is 1.43 bits per heavy atom. The van der Waals surface area contributed by atoms with E-state index in [-0.39, 0.29) is 16.6 Å². The summed E-state index contributed by atoms with van der Waals surface area (Å²) in [7, 11) is -2.25. The number of hydrogen-bond donors (Lipinski definition) is 2. The van der Waals surface area contributed by atoms with E-state index in [1.165, 1.54) is 12.1 Å². The van der Waals surface area contributed by atoms with Gasteiger partial charge < -0.3 is 5.32 Å². The lowest BCUT2D eigenvalue weighted by Crippen LogP contribution is -2.33. The van der Waals surface area contributed by atoms with Crippen molar-refractivity contribution in [1.29, 1.82) is 0 Å². The van der Waals surface area contributed by atoms with Crippen LogP contribution in [0.25, 0.3) is 0 Å². The molecule has 0 aliphatic heterocycles. The number of anilines is 1. The lowest BCUT2D eigenvalue weighted by atomic mass is 10.3. The van der Waals surface area contributed by atoms with E-state index in [2.05, 4.69) is 10.0 Å². The van der Waals surface area contributed by atoms with Crippen molar-refractivity contribution in [2.24, 2.45) is 0 Å². The third-order valence-electron chi connectivity index (χ3n) is 2.85. The lowest BCUT2D eigenvalue weighted by Gasteiger charge is -2.15. The van der Waals surface area contributed by atoms with Crippen LogP contribution in [0.15, 0.2) is 23.1 Å². The minimum absolute atomic E-state index is 0.116. The van der Waals surface area contributed by atoms with Crippen molar-refractivity contribution in [3.63, 3.8) is 0 Å². The molecule has 0 amide bonds. The van der Waals surface area contributed by atoms with Gasteiger partial charge in [0, 0.05) is 25.2 Å². The van der Waals surface area contributed by atoms with Crippen LogP contribution in [-0.2, 0) is 10.0 Å². The van der Waals surface area contributed by atoms with Gasteiger partial charge in [-0.25, -0.2) is 13.1 Å². The molecule has 1 unspecified atom stereocenters. The fourth-order valence-corrected chi connectivity index (χ4v) is 3.83. The molecule has 0 spiro atoms. The minimum atomic E-state index is -3.81. The van der Waals surface area contributed by atoms with Gasteiger partial charge in [0.05, 0.1) is 10.6 Å². The average molecular weight is 333 g/mol. The summed E-state index contributed by atoms with van der Waals surface area (Å²) in [5, 5.41) is 13.5. The fraction of sp³-hybridized carbons (Fsp3) is 0.500. The number of nitrogens with zero attached hydrogens (tertiary/aromatic N) is 1. The number of non-ortho nitro benzene ring substituents is 1. The zero-order valence-electron chi connectivity index (χ0n) is 12.1. The molecule has 2 N–H and O–H groups in total. The topological polar surface area (TPSA) is 101 Å². The Bertz CT molecular complexity index is 605. The molecule has 118 valence electrons. The zero-order valence-corrected chi connectivity index (χ0v) is 13.8. The molecule has 21 heavy (non-hydrogen) atoms. The summed E-state index contributed by atoms with van der Waals surface area (Å²) < 4.78 is 27.3. The first-order valence-corrected chi connectivity index (χ1v) is 9.17. The van der Waals surface area contributed by atoms with Crippen LogP contribution in [0.2, 0.25) is 0 Å². The van der Waals surface area contributed by atoms with E-state index in [1.807, 2.05) is 6.26 Å². The molecule has 1 atom stereocenters. The van der Waals surface area contributed by atoms with Crippen molar-refractivity contribution in [1.82, 2.24) is 4.72 Å². The first-order valence-electron chi connectivity index (χ1n) is 6.29. The largest absolute Gasteiger partial charge is 0.387 e. The van der Waals surface area contributed by atoms with Crippen molar-refractivity contribution in [2.45, 2.75) is 24.3 Å². The van der Waals surface area contributed by atoms with Crippen LogP contribution in [0.3, 0.4) is 0 Å². The molecule has 1 aromatic rings. The molecule has 0 saturated carbocycles. The van der Waals surface area contributed by atoms with E-state index in [9.17, 15) is 18.5 Å². The summed E-state index contributed by atoms with van der Waals surface area (Å²) in [6.07, 6.45) is 2.63. The zero-order chi connectivity index (χ0) is 16.0. The molecular weight excluding hydrogens is 314 g/mol. The normalized spacial score (nSPS) is 12.9. The predicted octanol–water partition coefficient (Wildman–Crippen LogP) is 2.06. The first kappa shape index (κ1) is 17.7. The standard InChI is InChI=1S/C12H19N3O4S2/c1-9(6-7-20-3)14-21(18,19)12-8-10(15(16)17)4-5-11(12)13-2/h4-5,8-9,13-14H,6-7H2,1-3H3. The highest BCUT2D eigenvalue weighted by molar-refractivity contribution is 7.98. The van der Waals surface area contributed by atoms with Gasteiger partial charge in [0.15, 0.2) is 0 Å². The molecule has 0 bridgehead atoms. The molecule has 0 radical (unpaired) electrons. The number of nitrogens with one attached hydrogen (secondary N) is 2. The van der Waals surface area contributed by atoms with Crippen molar-refractivity contribution in [3.05, 3.63) is 28.3 Å². The van der Waals surface area contributed by atoms with Gasteiger partial charge in [-0.05, 0) is 31.4 Å². The van der Waals surface area contributed by atoms with Crippen LogP contribution in [0, 0.1) is 10.1 Å². The van der Waals surface area contributed by atoms with E-state index in [4.69, 9.17) is 0 Å². The second-order valence-electron chi connectivity index (χ2n) is 4.49. The summed E-state index contributed by atoms with van der Waals surface area (Å²) in [6.45, 7) is 1.77. The molecule has 0 aliphatic rings. The molecule has 9 heteroatoms. The van der Waals surface area contributed by atoms with Gasteiger partial charge in [0.25, 0.3) is 5.69 Å². The van der Waals surface area contributed by atoms with Crippen LogP contribution in [0.5, 0.6) is 0 Å². The van der Waals surface area contributed by atoms with Gasteiger partial charge in [-0.15, -0.1) is 0 Å². The highest BCUT2D eigenvalue weighted by atomic mass is 32.2. The molecule has 7 nitrogen and oxygen atoms in total. The second-order valence-corrected chi connectivity index (χ2v) is 7.16. The fourth-order valence-electron chi connectivity index (χ4n) is 1.74. The van der Waals surface area contributed by atoms with E-state index in [1.54, 1.807) is 25.7 Å². The van der Waals surface area contributed by atoms with Crippen LogP contribution in [0.1, 0.15) is 13.3 Å². The van der Waals surface area contributed by atoms with E-state index in [0.29, 0.717) is 12.1 Å². The maximum absolute atomic E-state index is 12.4. The molecule has 1 rings (SSSR count). The number of hydrogen-bond acceptors (Lipinski definition) is 6. The maximum atomic E-state index is 12.4. The quantitative estimate of drug-likeness (QED) is 0.558. The number of sulfonamides is 1. The van der Waals surface area contributed by atoms with Crippen LogP contribution >= 0.6 is 11.8 Å². The number of nitro groups is 1. The Kier molecular flexibility index (Phi) is 6.43. The Morgan fingerprint density at radius 2 is 2.10 bits per heavy atom. The van der Waals surface area contributed by atoms with Crippen LogP contribution < -0.4 is 10.0 Å². The third-order valence-corrected chi connectivity index (χ3v) is 5.12. The Labute approximate surface area is 128 Å². The van der Waals surface area contributed by atoms with Crippen LogP contribution in [0.4, 0.5) is 11.4 Å². The first-order chi connectivity index (χ1) is 9.81. The summed E-state index contributed by atoms with van der Waals surface area (Å²) in [6, 6.07) is 3.47. The SMILES string of the molecule is CNc1ccc([N+](=O)[O-])cc1S(=O)(=O)NC(C)CCSC. The lowest BCUT2D eigenvalue weighted by molar-refractivity contribution is -0.385. The van der Waals surface area contributed by atoms with E-state index < -0.39 is 14.9 Å². The smallest absolute Gasteiger partial charge is 0.270 e. The number of benzene rings is 1. The van der Waals surface area contributed by atoms with Crippen molar-refractivity contribution in [2.75, 3.05) is 24.4 Å². The third kappa shape index (κ3) is 4.87. The highest BCUT2D eigenvalue weighted by Crippen LogP contribution is 2.26. The van der Waals surface area contributed by atoms with Crippen molar-refractivity contribution >= 4 is 33.2 Å².